The smallest absolute Gasteiger partial charge is 0.300 e. The van der Waals surface area contributed by atoms with E-state index >= 15 is 0 Å². The van der Waals surface area contributed by atoms with Gasteiger partial charge in [-0.25, -0.2) is 0 Å². The Labute approximate surface area is 84.2 Å². The molecule has 0 saturated heterocycles. The van der Waals surface area contributed by atoms with Crippen LogP contribution in [0.25, 0.3) is 6.08 Å². The van der Waals surface area contributed by atoms with Gasteiger partial charge in [0.25, 0.3) is 5.97 Å². The zero-order chi connectivity index (χ0) is 10.8. The fourth-order valence-corrected chi connectivity index (χ4v) is 0.743. The zero-order valence-corrected chi connectivity index (χ0v) is 8.18. The highest BCUT2D eigenvalue weighted by molar-refractivity contribution is 5.62. The van der Waals surface area contributed by atoms with Gasteiger partial charge in [0.05, 0.1) is 0 Å². The normalized spacial score (nSPS) is 8.93. The first kappa shape index (κ1) is 12.2. The van der Waals surface area contributed by atoms with Crippen LogP contribution < -0.4 is 0 Å². The van der Waals surface area contributed by atoms with Gasteiger partial charge in [0.1, 0.15) is 0 Å². The van der Waals surface area contributed by atoms with Crippen molar-refractivity contribution in [1.29, 1.82) is 0 Å². The van der Waals surface area contributed by atoms with E-state index in [1.54, 1.807) is 6.08 Å². The molecule has 0 bridgehead atoms. The molecule has 0 aliphatic carbocycles. The second-order valence-corrected chi connectivity index (χ2v) is 2.52. The van der Waals surface area contributed by atoms with E-state index in [2.05, 4.69) is 18.7 Å². The van der Waals surface area contributed by atoms with Gasteiger partial charge in [-0.15, -0.1) is 0 Å². The van der Waals surface area contributed by atoms with E-state index in [9.17, 15) is 0 Å². The monoisotopic (exact) mass is 190 g/mol. The van der Waals surface area contributed by atoms with Crippen LogP contribution in [0.1, 0.15) is 12.5 Å². The fraction of sp³-hybridized carbons (Fsp3) is 0.0833. The summed E-state index contributed by atoms with van der Waals surface area (Å²) in [6.45, 7) is 4.67. The van der Waals surface area contributed by atoms with Crippen LogP contribution in [-0.2, 0) is 4.79 Å². The number of allylic oxidation sites excluding steroid dienone is 2. The van der Waals surface area contributed by atoms with Gasteiger partial charge < -0.3 is 5.11 Å². The van der Waals surface area contributed by atoms with Crippen LogP contribution in [0, 0.1) is 0 Å². The molecule has 0 spiro atoms. The second kappa shape index (κ2) is 7.80. The summed E-state index contributed by atoms with van der Waals surface area (Å²) in [6.07, 6.45) is 5.72. The minimum absolute atomic E-state index is 0.833. The molecule has 0 atom stereocenters. The fourth-order valence-electron chi connectivity index (χ4n) is 0.743. The molecule has 0 saturated carbocycles. The van der Waals surface area contributed by atoms with Crippen LogP contribution in [0.2, 0.25) is 0 Å². The molecule has 0 aliphatic heterocycles. The van der Waals surface area contributed by atoms with Gasteiger partial charge >= 0.3 is 0 Å². The molecule has 1 N–H and O–H groups in total. The van der Waals surface area contributed by atoms with Gasteiger partial charge in [-0.1, -0.05) is 55.1 Å². The van der Waals surface area contributed by atoms with Crippen LogP contribution in [0.15, 0.2) is 49.1 Å². The largest absolute Gasteiger partial charge is 0.481 e. The van der Waals surface area contributed by atoms with Gasteiger partial charge in [-0.05, 0) is 5.56 Å². The predicted molar refractivity (Wildman–Crippen MR) is 59.0 cm³/mol. The van der Waals surface area contributed by atoms with E-state index in [0.717, 1.165) is 6.92 Å². The number of carbonyl (C=O) groups is 1. The third-order valence-electron chi connectivity index (χ3n) is 1.22. The van der Waals surface area contributed by atoms with Crippen molar-refractivity contribution in [3.05, 3.63) is 54.6 Å². The number of rotatable bonds is 2. The van der Waals surface area contributed by atoms with Gasteiger partial charge in [-0.3, -0.25) is 4.79 Å². The van der Waals surface area contributed by atoms with Crippen LogP contribution >= 0.6 is 0 Å². The third-order valence-corrected chi connectivity index (χ3v) is 1.22. The van der Waals surface area contributed by atoms with E-state index < -0.39 is 5.97 Å². The highest BCUT2D eigenvalue weighted by atomic mass is 16.4. The van der Waals surface area contributed by atoms with Crippen molar-refractivity contribution in [1.82, 2.24) is 0 Å². The Kier molecular flexibility index (Phi) is 6.78. The van der Waals surface area contributed by atoms with Crippen molar-refractivity contribution in [2.45, 2.75) is 6.92 Å². The maximum Gasteiger partial charge on any atom is 0.300 e. The molecule has 0 amide bonds. The van der Waals surface area contributed by atoms with Crippen molar-refractivity contribution in [3.8, 4) is 0 Å². The summed E-state index contributed by atoms with van der Waals surface area (Å²) >= 11 is 0. The summed E-state index contributed by atoms with van der Waals surface area (Å²) in [5.41, 5.74) is 1.21. The molecule has 0 heterocycles. The van der Waals surface area contributed by atoms with Crippen LogP contribution in [0.3, 0.4) is 0 Å². The van der Waals surface area contributed by atoms with E-state index in [1.165, 1.54) is 5.56 Å². The number of carboxylic acids is 1. The summed E-state index contributed by atoms with van der Waals surface area (Å²) < 4.78 is 0. The average Bonchev–Trinajstić information content (AvgIpc) is 2.15. The van der Waals surface area contributed by atoms with Gasteiger partial charge in [0.2, 0.25) is 0 Å². The summed E-state index contributed by atoms with van der Waals surface area (Å²) in [5, 5.41) is 7.42. The first-order valence-corrected chi connectivity index (χ1v) is 4.20. The quantitative estimate of drug-likeness (QED) is 0.728. The topological polar surface area (TPSA) is 37.3 Å². The Morgan fingerprint density at radius 1 is 1.36 bits per heavy atom. The molecular weight excluding hydrogens is 176 g/mol. The lowest BCUT2D eigenvalue weighted by Gasteiger charge is -1.87. The SMILES string of the molecule is C=CC=Cc1ccccc1.CC(=O)O. The lowest BCUT2D eigenvalue weighted by atomic mass is 10.2. The summed E-state index contributed by atoms with van der Waals surface area (Å²) in [4.78, 5) is 9.00. The molecular formula is C12H14O2. The molecule has 0 fully saturated rings. The van der Waals surface area contributed by atoms with Crippen LogP contribution in [0.5, 0.6) is 0 Å². The van der Waals surface area contributed by atoms with Crippen molar-refractivity contribution >= 4 is 12.0 Å². The van der Waals surface area contributed by atoms with Crippen LogP contribution in [-0.4, -0.2) is 11.1 Å². The van der Waals surface area contributed by atoms with E-state index in [4.69, 9.17) is 9.90 Å². The molecule has 2 nitrogen and oxygen atoms in total. The Morgan fingerprint density at radius 3 is 2.29 bits per heavy atom. The van der Waals surface area contributed by atoms with E-state index in [1.807, 2.05) is 30.4 Å². The Bertz CT molecular complexity index is 295. The number of carboxylic acid groups (broad SMARTS) is 1. The number of aliphatic carboxylic acids is 1. The second-order valence-electron chi connectivity index (χ2n) is 2.52. The molecule has 14 heavy (non-hydrogen) atoms. The Morgan fingerprint density at radius 2 is 1.86 bits per heavy atom. The lowest BCUT2D eigenvalue weighted by Crippen LogP contribution is -1.78. The molecule has 1 rings (SSSR count). The first-order valence-electron chi connectivity index (χ1n) is 4.20. The van der Waals surface area contributed by atoms with Gasteiger partial charge in [0, 0.05) is 6.92 Å². The zero-order valence-electron chi connectivity index (χ0n) is 8.18. The summed E-state index contributed by atoms with van der Waals surface area (Å²) in [5.74, 6) is -0.833. The highest BCUT2D eigenvalue weighted by Crippen LogP contribution is 1.99. The molecule has 2 heteroatoms. The van der Waals surface area contributed by atoms with E-state index in [0.29, 0.717) is 0 Å². The van der Waals surface area contributed by atoms with Crippen molar-refractivity contribution in [3.63, 3.8) is 0 Å². The highest BCUT2D eigenvalue weighted by Gasteiger charge is 1.78. The number of hydrogen-bond acceptors (Lipinski definition) is 1. The minimum atomic E-state index is -0.833. The molecule has 0 radical (unpaired) electrons. The Balaban J connectivity index is 0.000000364. The van der Waals surface area contributed by atoms with Crippen LogP contribution in [0.4, 0.5) is 0 Å². The first-order chi connectivity index (χ1) is 6.66. The molecule has 74 valence electrons. The predicted octanol–water partition coefficient (Wildman–Crippen LogP) is 2.98. The maximum atomic E-state index is 9.00. The van der Waals surface area contributed by atoms with Gasteiger partial charge in [0.15, 0.2) is 0 Å². The number of hydrogen-bond donors (Lipinski definition) is 1. The Hall–Kier alpha value is -1.83. The molecule has 1 aromatic carbocycles. The molecule has 0 aromatic heterocycles. The maximum absolute atomic E-state index is 9.00. The minimum Gasteiger partial charge on any atom is -0.481 e. The van der Waals surface area contributed by atoms with Crippen molar-refractivity contribution in [2.24, 2.45) is 0 Å². The summed E-state index contributed by atoms with van der Waals surface area (Å²) in [7, 11) is 0. The number of benzene rings is 1. The standard InChI is InChI=1S/C10H10.C2H4O2/c1-2-3-7-10-8-5-4-6-9-10;1-2(3)4/h2-9H,1H2;1H3,(H,3,4). The third kappa shape index (κ3) is 8.27. The molecule has 0 unspecified atom stereocenters. The molecule has 1 aromatic rings. The average molecular weight is 190 g/mol. The van der Waals surface area contributed by atoms with Gasteiger partial charge in [-0.2, -0.15) is 0 Å². The van der Waals surface area contributed by atoms with Crippen molar-refractivity contribution < 1.29 is 9.90 Å². The molecule has 0 aliphatic rings. The van der Waals surface area contributed by atoms with E-state index in [-0.39, 0.29) is 0 Å². The van der Waals surface area contributed by atoms with Crippen molar-refractivity contribution in [2.75, 3.05) is 0 Å². The lowest BCUT2D eigenvalue weighted by molar-refractivity contribution is -0.134. The summed E-state index contributed by atoms with van der Waals surface area (Å²) in [6, 6.07) is 10.1.